The van der Waals surface area contributed by atoms with E-state index in [0.29, 0.717) is 0 Å². The van der Waals surface area contributed by atoms with Crippen molar-refractivity contribution in [3.63, 3.8) is 0 Å². The number of aromatic nitrogens is 3. The second kappa shape index (κ2) is 1.95. The Kier molecular flexibility index (Phi) is 1.09. The number of nitrogens with zero attached hydrogens (tertiary/aromatic N) is 2. The van der Waals surface area contributed by atoms with Gasteiger partial charge in [-0.3, -0.25) is 10.5 Å². The van der Waals surface area contributed by atoms with E-state index in [1.165, 1.54) is 0 Å². The molecule has 0 aliphatic rings. The van der Waals surface area contributed by atoms with E-state index in [0.717, 1.165) is 11.2 Å². The third-order valence-electron chi connectivity index (χ3n) is 1.54. The van der Waals surface area contributed by atoms with Gasteiger partial charge in [-0.05, 0) is 24.6 Å². The van der Waals surface area contributed by atoms with Crippen LogP contribution in [0, 0.1) is 12.3 Å². The average molecular weight is 148 g/mol. The molecule has 0 saturated carbocycles. The van der Waals surface area contributed by atoms with Gasteiger partial charge in [0.2, 0.25) is 5.62 Å². The first-order valence-electron chi connectivity index (χ1n) is 3.35. The molecule has 2 N–H and O–H groups in total. The largest absolute Gasteiger partial charge is 0.266 e. The molecule has 0 aliphatic carbocycles. The number of hydrogen-bond acceptors (Lipinski definition) is 2. The molecule has 0 aromatic carbocycles. The molecule has 0 bridgehead atoms. The van der Waals surface area contributed by atoms with Gasteiger partial charge in [0.25, 0.3) is 0 Å². The van der Waals surface area contributed by atoms with Crippen molar-refractivity contribution in [2.24, 2.45) is 0 Å². The van der Waals surface area contributed by atoms with Gasteiger partial charge < -0.3 is 0 Å². The Morgan fingerprint density at radius 3 is 3.27 bits per heavy atom. The Labute approximate surface area is 63.0 Å². The van der Waals surface area contributed by atoms with Crippen molar-refractivity contribution in [1.82, 2.24) is 14.6 Å². The molecule has 0 spiro atoms. The molecule has 4 heteroatoms. The molecule has 2 aromatic heterocycles. The maximum atomic E-state index is 7.21. The van der Waals surface area contributed by atoms with Crippen LogP contribution in [-0.2, 0) is 0 Å². The summed E-state index contributed by atoms with van der Waals surface area (Å²) in [6, 6.07) is 3.89. The lowest BCUT2D eigenvalue weighted by Crippen LogP contribution is -2.01. The highest BCUT2D eigenvalue weighted by Gasteiger charge is 1.93. The molecule has 56 valence electrons. The van der Waals surface area contributed by atoms with Gasteiger partial charge in [0.05, 0.1) is 0 Å². The van der Waals surface area contributed by atoms with E-state index in [-0.39, 0.29) is 5.62 Å². The first-order chi connectivity index (χ1) is 5.25. The minimum atomic E-state index is 0.190. The molecule has 11 heavy (non-hydrogen) atoms. The second-order valence-corrected chi connectivity index (χ2v) is 2.50. The van der Waals surface area contributed by atoms with Crippen LogP contribution in [0.5, 0.6) is 0 Å². The number of pyridine rings is 1. The molecular formula is C7H8N4. The summed E-state index contributed by atoms with van der Waals surface area (Å²) in [5.74, 6) is 0. The highest BCUT2D eigenvalue weighted by Crippen LogP contribution is 1.99. The molecule has 0 fully saturated rings. The smallest absolute Gasteiger partial charge is 0.236 e. The molecule has 0 radical (unpaired) electrons. The molecule has 0 aliphatic heterocycles. The van der Waals surface area contributed by atoms with Gasteiger partial charge >= 0.3 is 0 Å². The van der Waals surface area contributed by atoms with Gasteiger partial charge in [0.15, 0.2) is 5.65 Å². The van der Waals surface area contributed by atoms with Gasteiger partial charge in [0, 0.05) is 6.20 Å². The fraction of sp³-hybridized carbons (Fsp3) is 0.143. The van der Waals surface area contributed by atoms with Gasteiger partial charge in [-0.2, -0.15) is 4.98 Å². The monoisotopic (exact) mass is 148 g/mol. The third kappa shape index (κ3) is 0.920. The van der Waals surface area contributed by atoms with Crippen LogP contribution < -0.4 is 5.62 Å². The van der Waals surface area contributed by atoms with Crippen molar-refractivity contribution in [3.8, 4) is 0 Å². The van der Waals surface area contributed by atoms with Crippen LogP contribution in [0.2, 0.25) is 0 Å². The molecular weight excluding hydrogens is 140 g/mol. The quantitative estimate of drug-likeness (QED) is 0.560. The predicted molar refractivity (Wildman–Crippen MR) is 40.1 cm³/mol. The van der Waals surface area contributed by atoms with E-state index in [1.807, 2.05) is 25.3 Å². The minimum absolute atomic E-state index is 0.190. The number of H-pyrrole nitrogens is 1. The van der Waals surface area contributed by atoms with Crippen LogP contribution >= 0.6 is 0 Å². The second-order valence-electron chi connectivity index (χ2n) is 2.50. The van der Waals surface area contributed by atoms with Crippen LogP contribution in [-0.4, -0.2) is 14.6 Å². The fourth-order valence-corrected chi connectivity index (χ4v) is 1.02. The molecule has 0 amide bonds. The number of fused-ring (bicyclic) bond motifs is 1. The maximum absolute atomic E-state index is 7.21. The van der Waals surface area contributed by atoms with Crippen LogP contribution in [0.4, 0.5) is 0 Å². The summed E-state index contributed by atoms with van der Waals surface area (Å²) in [4.78, 5) is 3.95. The van der Waals surface area contributed by atoms with Crippen LogP contribution in [0.1, 0.15) is 5.56 Å². The average Bonchev–Trinajstić information content (AvgIpc) is 2.27. The topological polar surface area (TPSA) is 56.9 Å². The SMILES string of the molecule is Cc1ccn2[nH]c(=N)nc2c1. The van der Waals surface area contributed by atoms with Crippen molar-refractivity contribution < 1.29 is 0 Å². The number of nitrogens with one attached hydrogen (secondary N) is 2. The Morgan fingerprint density at radius 2 is 2.45 bits per heavy atom. The number of aryl methyl sites for hydroxylation is 1. The predicted octanol–water partition coefficient (Wildman–Crippen LogP) is 0.450. The lowest BCUT2D eigenvalue weighted by Gasteiger charge is -1.91. The Hall–Kier alpha value is -1.58. The van der Waals surface area contributed by atoms with E-state index in [2.05, 4.69) is 10.1 Å². The molecule has 2 aromatic rings. The van der Waals surface area contributed by atoms with Gasteiger partial charge in [-0.1, -0.05) is 0 Å². The van der Waals surface area contributed by atoms with Crippen molar-refractivity contribution in [3.05, 3.63) is 29.5 Å². The normalized spacial score (nSPS) is 10.6. The van der Waals surface area contributed by atoms with Crippen molar-refractivity contribution in [2.75, 3.05) is 0 Å². The van der Waals surface area contributed by atoms with Gasteiger partial charge in [0.1, 0.15) is 0 Å². The number of hydrogen-bond donors (Lipinski definition) is 2. The molecule has 4 nitrogen and oxygen atoms in total. The van der Waals surface area contributed by atoms with E-state index in [4.69, 9.17) is 5.41 Å². The fourth-order valence-electron chi connectivity index (χ4n) is 1.02. The Morgan fingerprint density at radius 1 is 1.64 bits per heavy atom. The summed E-state index contributed by atoms with van der Waals surface area (Å²) in [5.41, 5.74) is 2.13. The van der Waals surface area contributed by atoms with Gasteiger partial charge in [-0.25, -0.2) is 4.52 Å². The van der Waals surface area contributed by atoms with Crippen molar-refractivity contribution in [2.45, 2.75) is 6.92 Å². The highest BCUT2D eigenvalue weighted by atomic mass is 15.3. The molecule has 0 unspecified atom stereocenters. The lowest BCUT2D eigenvalue weighted by atomic mass is 10.3. The van der Waals surface area contributed by atoms with E-state index in [9.17, 15) is 0 Å². The summed E-state index contributed by atoms with van der Waals surface area (Å²) >= 11 is 0. The van der Waals surface area contributed by atoms with Crippen LogP contribution in [0.15, 0.2) is 18.3 Å². The zero-order valence-corrected chi connectivity index (χ0v) is 6.13. The molecule has 0 atom stereocenters. The zero-order chi connectivity index (χ0) is 7.84. The summed E-state index contributed by atoms with van der Waals surface area (Å²) in [6.45, 7) is 2.00. The first kappa shape index (κ1) is 6.15. The van der Waals surface area contributed by atoms with Crippen molar-refractivity contribution in [1.29, 1.82) is 5.41 Å². The lowest BCUT2D eigenvalue weighted by molar-refractivity contribution is 0.894. The number of aromatic amines is 1. The van der Waals surface area contributed by atoms with E-state index < -0.39 is 0 Å². The van der Waals surface area contributed by atoms with Crippen molar-refractivity contribution >= 4 is 5.65 Å². The molecule has 0 saturated heterocycles. The van der Waals surface area contributed by atoms with Gasteiger partial charge in [-0.15, -0.1) is 0 Å². The standard InChI is InChI=1S/C7H8N4/c1-5-2-3-11-6(4-5)9-7(8)10-11/h2-4H,1H3,(H2,8,10). The summed E-state index contributed by atoms with van der Waals surface area (Å²) in [5, 5.41) is 9.96. The number of rotatable bonds is 0. The maximum Gasteiger partial charge on any atom is 0.236 e. The molecule has 2 heterocycles. The Bertz CT molecular complexity index is 437. The van der Waals surface area contributed by atoms with Crippen LogP contribution in [0.3, 0.4) is 0 Å². The Balaban J connectivity index is 2.92. The van der Waals surface area contributed by atoms with Crippen LogP contribution in [0.25, 0.3) is 5.65 Å². The summed E-state index contributed by atoms with van der Waals surface area (Å²) in [7, 11) is 0. The first-order valence-corrected chi connectivity index (χ1v) is 3.35. The summed E-state index contributed by atoms with van der Waals surface area (Å²) < 4.78 is 1.72. The minimum Gasteiger partial charge on any atom is -0.266 e. The van der Waals surface area contributed by atoms with E-state index >= 15 is 0 Å². The molecule has 2 rings (SSSR count). The summed E-state index contributed by atoms with van der Waals surface area (Å²) in [6.07, 6.45) is 1.86. The zero-order valence-electron chi connectivity index (χ0n) is 6.13. The third-order valence-corrected chi connectivity index (χ3v) is 1.54. The highest BCUT2D eigenvalue weighted by molar-refractivity contribution is 5.38. The van der Waals surface area contributed by atoms with E-state index in [1.54, 1.807) is 4.52 Å².